The van der Waals surface area contributed by atoms with E-state index in [9.17, 15) is 0 Å². The molecule has 0 radical (unpaired) electrons. The number of rotatable bonds is 0. The van der Waals surface area contributed by atoms with E-state index < -0.39 is 0 Å². The van der Waals surface area contributed by atoms with Crippen LogP contribution in [0.4, 0.5) is 0 Å². The largest absolute Gasteiger partial charge is 0.377 e. The van der Waals surface area contributed by atoms with Gasteiger partial charge in [-0.05, 0) is 39.0 Å². The summed E-state index contributed by atoms with van der Waals surface area (Å²) in [4.78, 5) is 2.71. The van der Waals surface area contributed by atoms with Gasteiger partial charge in [0.25, 0.3) is 0 Å². The predicted molar refractivity (Wildman–Crippen MR) is 67.6 cm³/mol. The number of fused-ring (bicyclic) bond motifs is 2. The van der Waals surface area contributed by atoms with Gasteiger partial charge in [-0.2, -0.15) is 0 Å². The van der Waals surface area contributed by atoms with E-state index in [0.29, 0.717) is 17.1 Å². The molecule has 2 aliphatic heterocycles. The van der Waals surface area contributed by atoms with Gasteiger partial charge in [-0.25, -0.2) is 0 Å². The van der Waals surface area contributed by atoms with Crippen molar-refractivity contribution in [2.24, 2.45) is 5.41 Å². The van der Waals surface area contributed by atoms with Gasteiger partial charge in [0.1, 0.15) is 0 Å². The zero-order valence-corrected chi connectivity index (χ0v) is 11.8. The van der Waals surface area contributed by atoms with Gasteiger partial charge in [-0.1, -0.05) is 20.8 Å². The van der Waals surface area contributed by atoms with Crippen LogP contribution in [0.3, 0.4) is 0 Å². The molecule has 0 aromatic rings. The van der Waals surface area contributed by atoms with Crippen LogP contribution in [0.25, 0.3) is 0 Å². The minimum atomic E-state index is 0.246. The number of ether oxygens (including phenoxy) is 1. The fourth-order valence-corrected chi connectivity index (χ4v) is 3.67. The molecule has 0 aromatic heterocycles. The van der Waals surface area contributed by atoms with Crippen molar-refractivity contribution in [2.75, 3.05) is 13.2 Å². The van der Waals surface area contributed by atoms with E-state index in [4.69, 9.17) is 4.74 Å². The van der Waals surface area contributed by atoms with Crippen LogP contribution in [0.5, 0.6) is 0 Å². The third-order valence-corrected chi connectivity index (χ3v) is 4.54. The Bertz CT molecular complexity index is 273. The molecule has 0 spiro atoms. The van der Waals surface area contributed by atoms with Crippen molar-refractivity contribution in [3.63, 3.8) is 0 Å². The molecule has 2 fully saturated rings. The van der Waals surface area contributed by atoms with Gasteiger partial charge in [0.15, 0.2) is 0 Å². The molecule has 0 aromatic carbocycles. The SMILES string of the molecule is CC(C)(C)N1CC2CC1(C(C)(C)C)CCO2. The van der Waals surface area contributed by atoms with Crippen LogP contribution >= 0.6 is 0 Å². The van der Waals surface area contributed by atoms with E-state index in [2.05, 4.69) is 46.4 Å². The maximum absolute atomic E-state index is 5.87. The first-order valence-electron chi connectivity index (χ1n) is 6.56. The lowest BCUT2D eigenvalue weighted by Gasteiger charge is -2.53. The zero-order chi connectivity index (χ0) is 12.2. The van der Waals surface area contributed by atoms with Gasteiger partial charge in [0.2, 0.25) is 0 Å². The van der Waals surface area contributed by atoms with Crippen molar-refractivity contribution in [1.29, 1.82) is 0 Å². The third-order valence-electron chi connectivity index (χ3n) is 4.54. The number of nitrogens with zero attached hydrogens (tertiary/aromatic N) is 1. The first kappa shape index (κ1) is 12.4. The van der Waals surface area contributed by atoms with E-state index in [-0.39, 0.29) is 5.54 Å². The summed E-state index contributed by atoms with van der Waals surface area (Å²) < 4.78 is 5.87. The van der Waals surface area contributed by atoms with Crippen molar-refractivity contribution < 1.29 is 4.74 Å². The monoisotopic (exact) mass is 225 g/mol. The van der Waals surface area contributed by atoms with Crippen molar-refractivity contribution in [1.82, 2.24) is 4.90 Å². The van der Waals surface area contributed by atoms with E-state index in [1.807, 2.05) is 0 Å². The van der Waals surface area contributed by atoms with Crippen LogP contribution in [-0.2, 0) is 4.74 Å². The summed E-state index contributed by atoms with van der Waals surface area (Å²) in [6.45, 7) is 16.2. The Balaban J connectivity index is 2.38. The molecule has 2 atom stereocenters. The lowest BCUT2D eigenvalue weighted by atomic mass is 9.68. The number of hydrogen-bond donors (Lipinski definition) is 0. The summed E-state index contributed by atoms with van der Waals surface area (Å²) in [5.41, 5.74) is 0.919. The molecule has 0 N–H and O–H groups in total. The summed E-state index contributed by atoms with van der Waals surface area (Å²) in [5.74, 6) is 0. The summed E-state index contributed by atoms with van der Waals surface area (Å²) in [7, 11) is 0. The van der Waals surface area contributed by atoms with Crippen LogP contribution in [-0.4, -0.2) is 35.2 Å². The average molecular weight is 225 g/mol. The molecule has 0 saturated carbocycles. The van der Waals surface area contributed by atoms with E-state index in [1.54, 1.807) is 0 Å². The van der Waals surface area contributed by atoms with Crippen LogP contribution in [0.1, 0.15) is 54.4 Å². The van der Waals surface area contributed by atoms with E-state index in [0.717, 1.165) is 13.2 Å². The van der Waals surface area contributed by atoms with Crippen LogP contribution in [0.15, 0.2) is 0 Å². The summed E-state index contributed by atoms with van der Waals surface area (Å²) in [6, 6.07) is 0. The predicted octanol–water partition coefficient (Wildman–Crippen LogP) is 3.06. The lowest BCUT2D eigenvalue weighted by Crippen LogP contribution is -2.60. The second-order valence-corrected chi connectivity index (χ2v) is 7.51. The molecule has 2 saturated heterocycles. The molecule has 0 aliphatic carbocycles. The minimum absolute atomic E-state index is 0.246. The molecule has 16 heavy (non-hydrogen) atoms. The molecule has 94 valence electrons. The van der Waals surface area contributed by atoms with Gasteiger partial charge < -0.3 is 4.74 Å². The standard InChI is InChI=1S/C14H27NO/c1-12(2,3)14-7-8-16-11(9-14)10-15(14)13(4,5)6/h11H,7-10H2,1-6H3. The maximum atomic E-state index is 5.87. The highest BCUT2D eigenvalue weighted by molar-refractivity contribution is 5.11. The summed E-state index contributed by atoms with van der Waals surface area (Å²) in [6.07, 6.45) is 2.87. The van der Waals surface area contributed by atoms with Crippen molar-refractivity contribution in [3.05, 3.63) is 0 Å². The maximum Gasteiger partial charge on any atom is 0.0720 e. The Kier molecular flexibility index (Phi) is 2.67. The van der Waals surface area contributed by atoms with Gasteiger partial charge in [0.05, 0.1) is 6.10 Å². The van der Waals surface area contributed by atoms with Crippen LogP contribution in [0.2, 0.25) is 0 Å². The van der Waals surface area contributed by atoms with Crippen LogP contribution < -0.4 is 0 Å². The molecule has 2 heteroatoms. The highest BCUT2D eigenvalue weighted by Gasteiger charge is 2.57. The van der Waals surface area contributed by atoms with Gasteiger partial charge >= 0.3 is 0 Å². The normalized spacial score (nSPS) is 36.8. The van der Waals surface area contributed by atoms with Crippen molar-refractivity contribution in [2.45, 2.75) is 71.6 Å². The molecular weight excluding hydrogens is 198 g/mol. The Morgan fingerprint density at radius 3 is 2.25 bits per heavy atom. The molecule has 2 bridgehead atoms. The zero-order valence-electron chi connectivity index (χ0n) is 11.8. The fraction of sp³-hybridized carbons (Fsp3) is 1.00. The smallest absolute Gasteiger partial charge is 0.0720 e. The summed E-state index contributed by atoms with van der Waals surface area (Å²) >= 11 is 0. The second kappa shape index (κ2) is 3.46. The van der Waals surface area contributed by atoms with E-state index in [1.165, 1.54) is 12.8 Å². The second-order valence-electron chi connectivity index (χ2n) is 7.51. The number of hydrogen-bond acceptors (Lipinski definition) is 2. The molecule has 2 rings (SSSR count). The first-order valence-corrected chi connectivity index (χ1v) is 6.56. The van der Waals surface area contributed by atoms with Gasteiger partial charge in [-0.15, -0.1) is 0 Å². The molecule has 2 heterocycles. The Labute approximate surface area is 100 Å². The van der Waals surface area contributed by atoms with Crippen LogP contribution in [0, 0.1) is 5.41 Å². The Morgan fingerprint density at radius 2 is 1.75 bits per heavy atom. The van der Waals surface area contributed by atoms with Gasteiger partial charge in [-0.3, -0.25) is 4.90 Å². The molecule has 2 aliphatic rings. The quantitative estimate of drug-likeness (QED) is 0.628. The molecular formula is C14H27NO. The first-order chi connectivity index (χ1) is 7.17. The topological polar surface area (TPSA) is 12.5 Å². The average Bonchev–Trinajstić information content (AvgIpc) is 2.37. The Hall–Kier alpha value is -0.0800. The Morgan fingerprint density at radius 1 is 1.12 bits per heavy atom. The third kappa shape index (κ3) is 1.70. The lowest BCUT2D eigenvalue weighted by molar-refractivity contribution is -0.0622. The fourth-order valence-electron chi connectivity index (χ4n) is 3.67. The van der Waals surface area contributed by atoms with E-state index >= 15 is 0 Å². The highest BCUT2D eigenvalue weighted by Crippen LogP contribution is 2.51. The van der Waals surface area contributed by atoms with Crippen molar-refractivity contribution in [3.8, 4) is 0 Å². The molecule has 2 unspecified atom stereocenters. The molecule has 0 amide bonds. The van der Waals surface area contributed by atoms with Gasteiger partial charge in [0, 0.05) is 24.2 Å². The minimum Gasteiger partial charge on any atom is -0.377 e. The molecule has 2 nitrogen and oxygen atoms in total. The number of likely N-dealkylation sites (tertiary alicyclic amines) is 1. The van der Waals surface area contributed by atoms with Crippen molar-refractivity contribution >= 4 is 0 Å². The summed E-state index contributed by atoms with van der Waals surface area (Å²) in [5, 5.41) is 0. The highest BCUT2D eigenvalue weighted by atomic mass is 16.5.